The number of anilines is 1. The molecule has 18 heavy (non-hydrogen) atoms. The summed E-state index contributed by atoms with van der Waals surface area (Å²) in [6.45, 7) is 4.12. The van der Waals surface area contributed by atoms with Gasteiger partial charge in [0.1, 0.15) is 4.90 Å². The van der Waals surface area contributed by atoms with Crippen LogP contribution in [0.4, 0.5) is 5.69 Å². The fourth-order valence-electron chi connectivity index (χ4n) is 1.49. The maximum atomic E-state index is 12.3. The fourth-order valence-corrected chi connectivity index (χ4v) is 3.97. The Morgan fingerprint density at radius 1 is 1.17 bits per heavy atom. The molecular formula is C10H13Cl3N2O2S. The Morgan fingerprint density at radius 3 is 2.11 bits per heavy atom. The number of hydrogen-bond donors (Lipinski definition) is 1. The van der Waals surface area contributed by atoms with Crippen LogP contribution < -0.4 is 5.73 Å². The average molecular weight is 332 g/mol. The lowest BCUT2D eigenvalue weighted by molar-refractivity contribution is 0.445. The van der Waals surface area contributed by atoms with Gasteiger partial charge >= 0.3 is 0 Å². The summed E-state index contributed by atoms with van der Waals surface area (Å²) < 4.78 is 25.9. The monoisotopic (exact) mass is 330 g/mol. The number of nitrogens with zero attached hydrogens (tertiary/aromatic N) is 1. The van der Waals surface area contributed by atoms with Gasteiger partial charge in [-0.2, -0.15) is 4.31 Å². The minimum Gasteiger partial charge on any atom is -0.396 e. The lowest BCUT2D eigenvalue weighted by Crippen LogP contribution is -2.31. The molecule has 0 unspecified atom stereocenters. The van der Waals surface area contributed by atoms with Crippen molar-refractivity contribution in [1.82, 2.24) is 4.31 Å². The molecule has 0 saturated heterocycles. The van der Waals surface area contributed by atoms with Crippen LogP contribution >= 0.6 is 34.8 Å². The molecule has 8 heteroatoms. The third kappa shape index (κ3) is 2.70. The highest BCUT2D eigenvalue weighted by Gasteiger charge is 2.27. The molecular weight excluding hydrogens is 319 g/mol. The van der Waals surface area contributed by atoms with E-state index in [9.17, 15) is 8.42 Å². The Balaban J connectivity index is 3.52. The maximum absolute atomic E-state index is 12.3. The summed E-state index contributed by atoms with van der Waals surface area (Å²) in [7, 11) is -3.72. The minimum absolute atomic E-state index is 0.0310. The van der Waals surface area contributed by atoms with Crippen LogP contribution in [-0.2, 0) is 10.0 Å². The van der Waals surface area contributed by atoms with Gasteiger partial charge in [0.25, 0.3) is 0 Å². The summed E-state index contributed by atoms with van der Waals surface area (Å²) in [6.07, 6.45) is 0. The summed E-state index contributed by atoms with van der Waals surface area (Å²) in [6, 6.07) is 1.22. The molecule has 0 radical (unpaired) electrons. The first-order chi connectivity index (χ1) is 8.27. The van der Waals surface area contributed by atoms with Crippen LogP contribution in [0.25, 0.3) is 0 Å². The molecule has 0 aliphatic heterocycles. The van der Waals surface area contributed by atoms with E-state index in [1.165, 1.54) is 10.4 Å². The van der Waals surface area contributed by atoms with Crippen molar-refractivity contribution in [3.05, 3.63) is 21.1 Å². The van der Waals surface area contributed by atoms with Crippen LogP contribution in [0.1, 0.15) is 13.8 Å². The van der Waals surface area contributed by atoms with Crippen LogP contribution in [0.3, 0.4) is 0 Å². The molecule has 1 aromatic rings. The summed E-state index contributed by atoms with van der Waals surface area (Å²) in [5.74, 6) is 0. The van der Waals surface area contributed by atoms with Crippen molar-refractivity contribution in [2.24, 2.45) is 0 Å². The number of sulfonamides is 1. The van der Waals surface area contributed by atoms with E-state index in [2.05, 4.69) is 0 Å². The Bertz CT molecular complexity index is 557. The highest BCUT2D eigenvalue weighted by atomic mass is 35.5. The van der Waals surface area contributed by atoms with Gasteiger partial charge in [0.2, 0.25) is 10.0 Å². The maximum Gasteiger partial charge on any atom is 0.244 e. The average Bonchev–Trinajstić information content (AvgIpc) is 2.32. The highest BCUT2D eigenvalue weighted by molar-refractivity contribution is 7.89. The Morgan fingerprint density at radius 2 is 1.67 bits per heavy atom. The quantitative estimate of drug-likeness (QED) is 0.680. The van der Waals surface area contributed by atoms with Crippen LogP contribution in [0.5, 0.6) is 0 Å². The molecule has 102 valence electrons. The molecule has 0 fully saturated rings. The van der Waals surface area contributed by atoms with Gasteiger partial charge in [0.05, 0.1) is 20.8 Å². The number of nitrogens with two attached hydrogens (primary N) is 1. The second-order valence-corrected chi connectivity index (χ2v) is 6.56. The molecule has 0 saturated carbocycles. The van der Waals surface area contributed by atoms with Crippen molar-refractivity contribution in [1.29, 1.82) is 0 Å². The number of rotatable bonds is 4. The van der Waals surface area contributed by atoms with Crippen molar-refractivity contribution < 1.29 is 8.42 Å². The number of hydrogen-bond acceptors (Lipinski definition) is 3. The molecule has 0 spiro atoms. The smallest absolute Gasteiger partial charge is 0.244 e. The van der Waals surface area contributed by atoms with Crippen LogP contribution in [0.15, 0.2) is 11.0 Å². The van der Waals surface area contributed by atoms with E-state index in [4.69, 9.17) is 40.5 Å². The van der Waals surface area contributed by atoms with Crippen molar-refractivity contribution in [3.8, 4) is 0 Å². The van der Waals surface area contributed by atoms with Crippen molar-refractivity contribution in [3.63, 3.8) is 0 Å². The summed E-state index contributed by atoms with van der Waals surface area (Å²) >= 11 is 17.6. The van der Waals surface area contributed by atoms with E-state index >= 15 is 0 Å². The van der Waals surface area contributed by atoms with Gasteiger partial charge in [-0.1, -0.05) is 48.7 Å². The Kier molecular flexibility index (Phi) is 5.14. The van der Waals surface area contributed by atoms with Gasteiger partial charge in [0, 0.05) is 13.1 Å². The standard InChI is InChI=1S/C10H13Cl3N2O2S/c1-3-15(4-2)18(16,17)7-5-6(11)8(12)10(14)9(7)13/h5H,3-4,14H2,1-2H3. The van der Waals surface area contributed by atoms with Gasteiger partial charge in [-0.25, -0.2) is 8.42 Å². The van der Waals surface area contributed by atoms with Gasteiger partial charge in [-0.3, -0.25) is 0 Å². The first kappa shape index (κ1) is 15.9. The first-order valence-corrected chi connectivity index (χ1v) is 7.77. The van der Waals surface area contributed by atoms with E-state index in [0.29, 0.717) is 13.1 Å². The predicted molar refractivity (Wildman–Crippen MR) is 76.0 cm³/mol. The molecule has 0 amide bonds. The normalized spacial score (nSPS) is 12.1. The lowest BCUT2D eigenvalue weighted by Gasteiger charge is -2.20. The topological polar surface area (TPSA) is 63.4 Å². The molecule has 0 aromatic heterocycles. The van der Waals surface area contributed by atoms with Gasteiger partial charge in [-0.15, -0.1) is 0 Å². The molecule has 0 bridgehead atoms. The largest absolute Gasteiger partial charge is 0.396 e. The first-order valence-electron chi connectivity index (χ1n) is 5.20. The molecule has 1 aromatic carbocycles. The lowest BCUT2D eigenvalue weighted by atomic mass is 10.3. The molecule has 0 heterocycles. The van der Waals surface area contributed by atoms with E-state index < -0.39 is 10.0 Å². The van der Waals surface area contributed by atoms with Crippen molar-refractivity contribution in [2.45, 2.75) is 18.7 Å². The third-order valence-corrected chi connectivity index (χ3v) is 5.88. The number of nitrogen functional groups attached to an aromatic ring is 1. The molecule has 2 N–H and O–H groups in total. The minimum atomic E-state index is -3.72. The van der Waals surface area contributed by atoms with Crippen molar-refractivity contribution >= 4 is 50.5 Å². The van der Waals surface area contributed by atoms with E-state index in [-0.39, 0.29) is 25.7 Å². The van der Waals surface area contributed by atoms with Crippen LogP contribution in [0.2, 0.25) is 15.1 Å². The van der Waals surface area contributed by atoms with E-state index in [1.54, 1.807) is 13.8 Å². The van der Waals surface area contributed by atoms with Crippen molar-refractivity contribution in [2.75, 3.05) is 18.8 Å². The molecule has 0 aliphatic carbocycles. The Labute approximate surface area is 122 Å². The fraction of sp³-hybridized carbons (Fsp3) is 0.400. The number of benzene rings is 1. The van der Waals surface area contributed by atoms with Crippen LogP contribution in [0, 0.1) is 0 Å². The summed E-state index contributed by atoms with van der Waals surface area (Å²) in [5, 5.41) is 0.0146. The second kappa shape index (κ2) is 5.84. The molecule has 1 rings (SSSR count). The number of halogens is 3. The zero-order valence-electron chi connectivity index (χ0n) is 9.87. The highest BCUT2D eigenvalue weighted by Crippen LogP contribution is 2.39. The Hall–Kier alpha value is -0.200. The van der Waals surface area contributed by atoms with Crippen LogP contribution in [-0.4, -0.2) is 25.8 Å². The zero-order valence-corrected chi connectivity index (χ0v) is 13.0. The second-order valence-electron chi connectivity index (χ2n) is 3.49. The van der Waals surface area contributed by atoms with E-state index in [0.717, 1.165) is 0 Å². The molecule has 0 aliphatic rings. The SMILES string of the molecule is CCN(CC)S(=O)(=O)c1cc(Cl)c(Cl)c(N)c1Cl. The molecule has 0 atom stereocenters. The van der Waals surface area contributed by atoms with Gasteiger partial charge in [-0.05, 0) is 6.07 Å². The van der Waals surface area contributed by atoms with Gasteiger partial charge in [0.15, 0.2) is 0 Å². The zero-order chi connectivity index (χ0) is 14.1. The summed E-state index contributed by atoms with van der Waals surface area (Å²) in [4.78, 5) is -0.125. The van der Waals surface area contributed by atoms with Gasteiger partial charge < -0.3 is 5.73 Å². The summed E-state index contributed by atoms with van der Waals surface area (Å²) in [5.41, 5.74) is 5.60. The third-order valence-electron chi connectivity index (χ3n) is 2.48. The van der Waals surface area contributed by atoms with E-state index in [1.807, 2.05) is 0 Å². The molecule has 4 nitrogen and oxygen atoms in total. The predicted octanol–water partition coefficient (Wildman–Crippen LogP) is 3.26.